The van der Waals surface area contributed by atoms with Crippen LogP contribution in [0.4, 0.5) is 13.2 Å². The van der Waals surface area contributed by atoms with Gasteiger partial charge in [0.1, 0.15) is 0 Å². The minimum atomic E-state index is -4.52. The van der Waals surface area contributed by atoms with E-state index in [1.165, 1.54) is 12.1 Å². The molecule has 0 spiro atoms. The van der Waals surface area contributed by atoms with Crippen molar-refractivity contribution in [3.63, 3.8) is 0 Å². The molecule has 24 heavy (non-hydrogen) atoms. The van der Waals surface area contributed by atoms with Gasteiger partial charge in [-0.3, -0.25) is 0 Å². The Hall–Kier alpha value is -2.22. The normalized spacial score (nSPS) is 16.6. The van der Waals surface area contributed by atoms with Gasteiger partial charge in [-0.25, -0.2) is 4.99 Å². The lowest BCUT2D eigenvalue weighted by Crippen LogP contribution is -2.40. The van der Waals surface area contributed by atoms with Crippen LogP contribution in [0.3, 0.4) is 0 Å². The zero-order valence-corrected chi connectivity index (χ0v) is 13.5. The molecule has 0 aromatic heterocycles. The maximum atomic E-state index is 12.8. The van der Waals surface area contributed by atoms with Crippen molar-refractivity contribution in [2.75, 3.05) is 13.1 Å². The van der Waals surface area contributed by atoms with Crippen molar-refractivity contribution in [2.24, 2.45) is 21.5 Å². The van der Waals surface area contributed by atoms with Gasteiger partial charge >= 0.3 is 6.18 Å². The van der Waals surface area contributed by atoms with Gasteiger partial charge in [0.2, 0.25) is 5.96 Å². The monoisotopic (exact) mass is 359 g/mol. The molecule has 0 amide bonds. The van der Waals surface area contributed by atoms with Gasteiger partial charge in [0.05, 0.1) is 17.1 Å². The molecule has 1 aromatic rings. The second-order valence-electron chi connectivity index (χ2n) is 5.16. The summed E-state index contributed by atoms with van der Waals surface area (Å²) in [5, 5.41) is -0.358. The van der Waals surface area contributed by atoms with Crippen LogP contribution >= 0.6 is 11.6 Å². The third kappa shape index (κ3) is 4.89. The van der Waals surface area contributed by atoms with E-state index in [1.807, 2.05) is 17.1 Å². The van der Waals surface area contributed by atoms with Gasteiger partial charge in [0.15, 0.2) is 5.96 Å². The van der Waals surface area contributed by atoms with Crippen molar-refractivity contribution in [3.05, 3.63) is 46.5 Å². The van der Waals surface area contributed by atoms with Crippen molar-refractivity contribution >= 4 is 23.5 Å². The number of hydrogen-bond donors (Lipinski definition) is 2. The maximum absolute atomic E-state index is 12.8. The molecule has 0 unspecified atom stereocenters. The molecular weight excluding hydrogens is 343 g/mol. The molecule has 1 aliphatic heterocycles. The van der Waals surface area contributed by atoms with Crippen LogP contribution < -0.4 is 11.5 Å². The highest BCUT2D eigenvalue weighted by atomic mass is 35.5. The lowest BCUT2D eigenvalue weighted by Gasteiger charge is -2.23. The Labute approximate surface area is 142 Å². The average Bonchev–Trinajstić information content (AvgIpc) is 2.53. The van der Waals surface area contributed by atoms with Crippen molar-refractivity contribution in [1.82, 2.24) is 4.90 Å². The molecule has 5 nitrogen and oxygen atoms in total. The van der Waals surface area contributed by atoms with Crippen molar-refractivity contribution in [1.29, 1.82) is 0 Å². The fraction of sp³-hybridized carbons (Fsp3) is 0.333. The number of nitrogens with zero attached hydrogens (tertiary/aromatic N) is 3. The number of alkyl halides is 3. The number of hydrogen-bond acceptors (Lipinski definition) is 1. The predicted octanol–water partition coefficient (Wildman–Crippen LogP) is 2.75. The molecule has 0 aliphatic carbocycles. The van der Waals surface area contributed by atoms with Gasteiger partial charge in [-0.15, -0.1) is 0 Å². The standard InChI is InChI=1S/C15H17ClF3N5/c16-12-5-4-10(8-11(12)15(17,18)19)9-22-13(20)23-14(21)24-6-2-1-3-7-24/h1-2,4-5,8H,3,6-7,9H2,(H4,20,21,22,23). The van der Waals surface area contributed by atoms with Gasteiger partial charge in [0.25, 0.3) is 0 Å². The smallest absolute Gasteiger partial charge is 0.369 e. The van der Waals surface area contributed by atoms with Gasteiger partial charge in [-0.05, 0) is 24.1 Å². The number of rotatable bonds is 2. The first kappa shape index (κ1) is 18.1. The Kier molecular flexibility index (Phi) is 5.71. The summed E-state index contributed by atoms with van der Waals surface area (Å²) < 4.78 is 38.4. The molecule has 0 fully saturated rings. The van der Waals surface area contributed by atoms with E-state index in [4.69, 9.17) is 23.1 Å². The topological polar surface area (TPSA) is 80.0 Å². The Balaban J connectivity index is 2.08. The Morgan fingerprint density at radius 3 is 2.62 bits per heavy atom. The van der Waals surface area contributed by atoms with E-state index < -0.39 is 11.7 Å². The molecule has 1 heterocycles. The number of halogens is 4. The molecule has 9 heteroatoms. The number of benzene rings is 1. The van der Waals surface area contributed by atoms with Crippen molar-refractivity contribution in [3.8, 4) is 0 Å². The van der Waals surface area contributed by atoms with Gasteiger partial charge in [-0.1, -0.05) is 29.8 Å². The van der Waals surface area contributed by atoms with E-state index >= 15 is 0 Å². The summed E-state index contributed by atoms with van der Waals surface area (Å²) in [6.07, 6.45) is 0.344. The SMILES string of the molecule is NC(=NCc1ccc(Cl)c(C(F)(F)F)c1)/N=C(/N)N1CC=CCC1. The summed E-state index contributed by atoms with van der Waals surface area (Å²) in [6.45, 7) is 1.31. The van der Waals surface area contributed by atoms with Crippen LogP contribution in [0, 0.1) is 0 Å². The largest absolute Gasteiger partial charge is 0.417 e. The average molecular weight is 360 g/mol. The highest BCUT2D eigenvalue weighted by Gasteiger charge is 2.33. The Morgan fingerprint density at radius 2 is 2.00 bits per heavy atom. The van der Waals surface area contributed by atoms with E-state index in [9.17, 15) is 13.2 Å². The zero-order chi connectivity index (χ0) is 17.7. The quantitative estimate of drug-likeness (QED) is 0.484. The lowest BCUT2D eigenvalue weighted by molar-refractivity contribution is -0.137. The molecule has 4 N–H and O–H groups in total. The van der Waals surface area contributed by atoms with E-state index in [2.05, 4.69) is 9.98 Å². The van der Waals surface area contributed by atoms with Gasteiger partial charge < -0.3 is 16.4 Å². The molecule has 0 saturated heterocycles. The van der Waals surface area contributed by atoms with Crippen LogP contribution in [0.25, 0.3) is 0 Å². The summed E-state index contributed by atoms with van der Waals surface area (Å²) in [5.74, 6) is 0.137. The minimum absolute atomic E-state index is 0.0528. The number of guanidine groups is 2. The lowest BCUT2D eigenvalue weighted by atomic mass is 10.1. The van der Waals surface area contributed by atoms with Crippen LogP contribution in [0.15, 0.2) is 40.3 Å². The number of aliphatic imine (C=N–C) groups is 2. The molecule has 0 saturated carbocycles. The van der Waals surface area contributed by atoms with E-state index in [-0.39, 0.29) is 23.5 Å². The van der Waals surface area contributed by atoms with Crippen LogP contribution in [0.2, 0.25) is 5.02 Å². The van der Waals surface area contributed by atoms with Gasteiger partial charge in [-0.2, -0.15) is 18.2 Å². The van der Waals surface area contributed by atoms with Crippen molar-refractivity contribution < 1.29 is 13.2 Å². The predicted molar refractivity (Wildman–Crippen MR) is 88.7 cm³/mol. The Morgan fingerprint density at radius 1 is 1.25 bits per heavy atom. The highest BCUT2D eigenvalue weighted by molar-refractivity contribution is 6.31. The molecule has 0 atom stereocenters. The van der Waals surface area contributed by atoms with Crippen LogP contribution in [-0.4, -0.2) is 29.9 Å². The molecule has 0 bridgehead atoms. The zero-order valence-electron chi connectivity index (χ0n) is 12.7. The highest BCUT2D eigenvalue weighted by Crippen LogP contribution is 2.35. The van der Waals surface area contributed by atoms with Crippen LogP contribution in [0.1, 0.15) is 17.5 Å². The molecule has 130 valence electrons. The summed E-state index contributed by atoms with van der Waals surface area (Å²) >= 11 is 5.57. The molecule has 2 rings (SSSR count). The maximum Gasteiger partial charge on any atom is 0.417 e. The number of nitrogens with two attached hydrogens (primary N) is 2. The second-order valence-corrected chi connectivity index (χ2v) is 5.57. The molecule has 1 aliphatic rings. The summed E-state index contributed by atoms with van der Waals surface area (Å²) in [6, 6.07) is 3.58. The first-order valence-corrected chi connectivity index (χ1v) is 7.55. The fourth-order valence-electron chi connectivity index (χ4n) is 2.13. The van der Waals surface area contributed by atoms with E-state index in [1.54, 1.807) is 0 Å². The summed E-state index contributed by atoms with van der Waals surface area (Å²) in [7, 11) is 0. The van der Waals surface area contributed by atoms with Gasteiger partial charge in [0, 0.05) is 13.1 Å². The fourth-order valence-corrected chi connectivity index (χ4v) is 2.36. The minimum Gasteiger partial charge on any atom is -0.369 e. The van der Waals surface area contributed by atoms with Crippen LogP contribution in [-0.2, 0) is 12.7 Å². The second kappa shape index (κ2) is 7.57. The Bertz CT molecular complexity index is 682. The van der Waals surface area contributed by atoms with E-state index in [0.717, 1.165) is 19.0 Å². The van der Waals surface area contributed by atoms with Crippen LogP contribution in [0.5, 0.6) is 0 Å². The summed E-state index contributed by atoms with van der Waals surface area (Å²) in [4.78, 5) is 9.75. The molecule has 1 aromatic carbocycles. The molecular formula is C15H17ClF3N5. The first-order valence-electron chi connectivity index (χ1n) is 7.17. The third-order valence-corrected chi connectivity index (χ3v) is 3.70. The third-order valence-electron chi connectivity index (χ3n) is 3.37. The van der Waals surface area contributed by atoms with E-state index in [0.29, 0.717) is 12.1 Å². The first-order chi connectivity index (χ1) is 11.3. The molecule has 0 radical (unpaired) electrons. The summed E-state index contributed by atoms with van der Waals surface area (Å²) in [5.41, 5.74) is 10.9. The van der Waals surface area contributed by atoms with Crippen molar-refractivity contribution in [2.45, 2.75) is 19.1 Å².